The lowest BCUT2D eigenvalue weighted by molar-refractivity contribution is -0.160. The lowest BCUT2D eigenvalue weighted by atomic mass is 9.72. The predicted octanol–water partition coefficient (Wildman–Crippen LogP) is 5.21. The third-order valence-corrected chi connectivity index (χ3v) is 5.13. The fraction of sp³-hybridized carbons (Fsp3) is 0.650. The van der Waals surface area contributed by atoms with Crippen molar-refractivity contribution in [1.29, 1.82) is 0 Å². The lowest BCUT2D eigenvalue weighted by Crippen LogP contribution is -2.40. The SMILES string of the molecule is C=C1CCC=C(C)CCC2C1COC(=O)C2CCC=C(C)C. The highest BCUT2D eigenvalue weighted by molar-refractivity contribution is 5.73. The number of ether oxygens (including phenoxy) is 1. The molecule has 0 aromatic heterocycles. The number of esters is 1. The van der Waals surface area contributed by atoms with Gasteiger partial charge >= 0.3 is 5.97 Å². The maximum atomic E-state index is 12.3. The zero-order valence-electron chi connectivity index (χ0n) is 14.4. The molecular weight excluding hydrogens is 272 g/mol. The van der Waals surface area contributed by atoms with Gasteiger partial charge in [0.15, 0.2) is 0 Å². The number of carbonyl (C=O) groups is 1. The third kappa shape index (κ3) is 4.34. The zero-order chi connectivity index (χ0) is 16.1. The smallest absolute Gasteiger partial charge is 0.309 e. The van der Waals surface area contributed by atoms with Gasteiger partial charge in [0.25, 0.3) is 0 Å². The molecule has 0 bridgehead atoms. The highest BCUT2D eigenvalue weighted by atomic mass is 16.5. The summed E-state index contributed by atoms with van der Waals surface area (Å²) in [6.45, 7) is 11.3. The van der Waals surface area contributed by atoms with E-state index in [0.29, 0.717) is 18.4 Å². The Bertz CT molecular complexity index is 480. The van der Waals surface area contributed by atoms with Crippen LogP contribution in [0.1, 0.15) is 59.3 Å². The molecule has 3 atom stereocenters. The molecule has 0 amide bonds. The highest BCUT2D eigenvalue weighted by Gasteiger charge is 2.40. The summed E-state index contributed by atoms with van der Waals surface area (Å²) < 4.78 is 5.51. The average molecular weight is 302 g/mol. The van der Waals surface area contributed by atoms with E-state index in [0.717, 1.165) is 38.5 Å². The van der Waals surface area contributed by atoms with Crippen LogP contribution in [0.5, 0.6) is 0 Å². The van der Waals surface area contributed by atoms with Gasteiger partial charge in [0.05, 0.1) is 12.5 Å². The predicted molar refractivity (Wildman–Crippen MR) is 91.5 cm³/mol. The maximum Gasteiger partial charge on any atom is 0.309 e. The van der Waals surface area contributed by atoms with E-state index in [1.54, 1.807) is 0 Å². The molecule has 1 saturated heterocycles. The summed E-state index contributed by atoms with van der Waals surface area (Å²) in [4.78, 5) is 12.3. The van der Waals surface area contributed by atoms with Gasteiger partial charge in [-0.3, -0.25) is 4.79 Å². The molecule has 0 saturated carbocycles. The van der Waals surface area contributed by atoms with Crippen molar-refractivity contribution in [3.8, 4) is 0 Å². The monoisotopic (exact) mass is 302 g/mol. The number of cyclic esters (lactones) is 1. The van der Waals surface area contributed by atoms with Gasteiger partial charge in [-0.05, 0) is 65.2 Å². The summed E-state index contributed by atoms with van der Waals surface area (Å²) in [5.74, 6) is 0.809. The molecule has 0 aromatic rings. The van der Waals surface area contributed by atoms with Gasteiger partial charge in [-0.1, -0.05) is 35.5 Å². The van der Waals surface area contributed by atoms with Crippen LogP contribution in [-0.4, -0.2) is 12.6 Å². The second kappa shape index (κ2) is 7.80. The zero-order valence-corrected chi connectivity index (χ0v) is 14.4. The Labute approximate surface area is 135 Å². The molecule has 122 valence electrons. The normalized spacial score (nSPS) is 29.4. The Hall–Kier alpha value is -1.31. The lowest BCUT2D eigenvalue weighted by Gasteiger charge is -2.38. The van der Waals surface area contributed by atoms with Crippen LogP contribution in [0.25, 0.3) is 0 Å². The van der Waals surface area contributed by atoms with E-state index in [2.05, 4.69) is 39.5 Å². The summed E-state index contributed by atoms with van der Waals surface area (Å²) in [5.41, 5.74) is 4.05. The molecule has 22 heavy (non-hydrogen) atoms. The fourth-order valence-corrected chi connectivity index (χ4v) is 3.75. The number of carbonyl (C=O) groups excluding carboxylic acids is 1. The van der Waals surface area contributed by atoms with Crippen LogP contribution in [-0.2, 0) is 9.53 Å². The van der Waals surface area contributed by atoms with Crippen molar-refractivity contribution in [1.82, 2.24) is 0 Å². The van der Waals surface area contributed by atoms with Crippen LogP contribution in [0.15, 0.2) is 35.5 Å². The molecular formula is C20H30O2. The topological polar surface area (TPSA) is 26.3 Å². The van der Waals surface area contributed by atoms with E-state index in [4.69, 9.17) is 4.74 Å². The molecule has 2 heteroatoms. The molecule has 0 aromatic carbocycles. The molecule has 2 rings (SSSR count). The number of hydrogen-bond donors (Lipinski definition) is 0. The van der Waals surface area contributed by atoms with Gasteiger partial charge in [-0.25, -0.2) is 0 Å². The minimum atomic E-state index is 0.0112. The van der Waals surface area contributed by atoms with Crippen molar-refractivity contribution < 1.29 is 9.53 Å². The first-order valence-corrected chi connectivity index (χ1v) is 8.62. The first kappa shape index (κ1) is 17.1. The standard InChI is InChI=1S/C20H30O2/c1-14(2)7-5-10-18-17-12-11-15(3)8-6-9-16(4)19(17)13-22-20(18)21/h7-8,17-19H,4-6,9-13H2,1-3H3. The molecule has 3 unspecified atom stereocenters. The molecule has 1 aliphatic carbocycles. The van der Waals surface area contributed by atoms with Crippen LogP contribution in [0.3, 0.4) is 0 Å². The van der Waals surface area contributed by atoms with Crippen LogP contribution < -0.4 is 0 Å². The second-order valence-corrected chi connectivity index (χ2v) is 7.15. The number of allylic oxidation sites excluding steroid dienone is 4. The Kier molecular flexibility index (Phi) is 6.05. The van der Waals surface area contributed by atoms with Crippen molar-refractivity contribution in [2.24, 2.45) is 17.8 Å². The molecule has 0 radical (unpaired) electrons. The van der Waals surface area contributed by atoms with E-state index in [1.807, 2.05) is 0 Å². The molecule has 0 N–H and O–H groups in total. The van der Waals surface area contributed by atoms with Crippen LogP contribution in [0, 0.1) is 17.8 Å². The Balaban J connectivity index is 2.15. The Morgan fingerprint density at radius 3 is 2.91 bits per heavy atom. The minimum absolute atomic E-state index is 0.0112. The molecule has 2 aliphatic rings. The Morgan fingerprint density at radius 2 is 2.18 bits per heavy atom. The number of fused-ring (bicyclic) bond motifs is 1. The van der Waals surface area contributed by atoms with Crippen molar-refractivity contribution in [2.45, 2.75) is 59.3 Å². The largest absolute Gasteiger partial charge is 0.465 e. The Morgan fingerprint density at radius 1 is 1.41 bits per heavy atom. The van der Waals surface area contributed by atoms with E-state index in [9.17, 15) is 4.79 Å². The average Bonchev–Trinajstić information content (AvgIpc) is 2.52. The molecule has 1 aliphatic heterocycles. The van der Waals surface area contributed by atoms with Gasteiger partial charge in [-0.2, -0.15) is 0 Å². The van der Waals surface area contributed by atoms with Crippen LogP contribution in [0.4, 0.5) is 0 Å². The quantitative estimate of drug-likeness (QED) is 0.528. The van der Waals surface area contributed by atoms with Crippen LogP contribution in [0.2, 0.25) is 0 Å². The molecule has 2 nitrogen and oxygen atoms in total. The maximum absolute atomic E-state index is 12.3. The third-order valence-electron chi connectivity index (χ3n) is 5.13. The van der Waals surface area contributed by atoms with E-state index >= 15 is 0 Å². The van der Waals surface area contributed by atoms with Crippen molar-refractivity contribution >= 4 is 5.97 Å². The summed E-state index contributed by atoms with van der Waals surface area (Å²) in [6, 6.07) is 0. The van der Waals surface area contributed by atoms with E-state index in [1.165, 1.54) is 16.7 Å². The van der Waals surface area contributed by atoms with Gasteiger partial charge in [0.1, 0.15) is 0 Å². The molecule has 1 fully saturated rings. The van der Waals surface area contributed by atoms with E-state index < -0.39 is 0 Å². The molecule has 1 heterocycles. The number of hydrogen-bond acceptors (Lipinski definition) is 2. The first-order chi connectivity index (χ1) is 10.5. The van der Waals surface area contributed by atoms with E-state index in [-0.39, 0.29) is 11.9 Å². The molecule has 0 spiro atoms. The van der Waals surface area contributed by atoms with Crippen molar-refractivity contribution in [3.63, 3.8) is 0 Å². The minimum Gasteiger partial charge on any atom is -0.465 e. The highest BCUT2D eigenvalue weighted by Crippen LogP contribution is 2.40. The fourth-order valence-electron chi connectivity index (χ4n) is 3.75. The summed E-state index contributed by atoms with van der Waals surface area (Å²) in [7, 11) is 0. The van der Waals surface area contributed by atoms with Gasteiger partial charge in [-0.15, -0.1) is 0 Å². The van der Waals surface area contributed by atoms with Crippen molar-refractivity contribution in [3.05, 3.63) is 35.5 Å². The summed E-state index contributed by atoms with van der Waals surface area (Å²) in [6.07, 6.45) is 10.7. The van der Waals surface area contributed by atoms with Gasteiger partial charge < -0.3 is 4.74 Å². The summed E-state index contributed by atoms with van der Waals surface area (Å²) >= 11 is 0. The summed E-state index contributed by atoms with van der Waals surface area (Å²) in [5, 5.41) is 0. The van der Waals surface area contributed by atoms with Crippen LogP contribution >= 0.6 is 0 Å². The van der Waals surface area contributed by atoms with Gasteiger partial charge in [0.2, 0.25) is 0 Å². The first-order valence-electron chi connectivity index (χ1n) is 8.62. The van der Waals surface area contributed by atoms with Crippen molar-refractivity contribution in [2.75, 3.05) is 6.61 Å². The number of rotatable bonds is 3. The second-order valence-electron chi connectivity index (χ2n) is 7.15. The van der Waals surface area contributed by atoms with Gasteiger partial charge in [0, 0.05) is 5.92 Å².